The average molecular weight is 258 g/mol. The van der Waals surface area contributed by atoms with Gasteiger partial charge in [-0.1, -0.05) is 25.1 Å². The van der Waals surface area contributed by atoms with Gasteiger partial charge in [0, 0.05) is 24.1 Å². The van der Waals surface area contributed by atoms with Gasteiger partial charge in [-0.3, -0.25) is 14.7 Å². The SMILES string of the molecule is CCC(=O)CCc1c(C)[nH]n(-c2ccccc2)c1=O. The Morgan fingerprint density at radius 3 is 2.58 bits per heavy atom. The van der Waals surface area contributed by atoms with Crippen molar-refractivity contribution >= 4 is 5.78 Å². The number of hydrogen-bond donors (Lipinski definition) is 1. The molecule has 1 N–H and O–H groups in total. The van der Waals surface area contributed by atoms with Crippen molar-refractivity contribution in [2.24, 2.45) is 0 Å². The molecule has 0 unspecified atom stereocenters. The van der Waals surface area contributed by atoms with Gasteiger partial charge in [0.1, 0.15) is 5.78 Å². The molecule has 0 bridgehead atoms. The number of benzene rings is 1. The fourth-order valence-corrected chi connectivity index (χ4v) is 2.08. The summed E-state index contributed by atoms with van der Waals surface area (Å²) in [6.07, 6.45) is 1.46. The van der Waals surface area contributed by atoms with E-state index in [1.54, 1.807) is 0 Å². The molecule has 4 heteroatoms. The minimum Gasteiger partial charge on any atom is -0.300 e. The van der Waals surface area contributed by atoms with Gasteiger partial charge in [-0.05, 0) is 25.5 Å². The topological polar surface area (TPSA) is 54.9 Å². The summed E-state index contributed by atoms with van der Waals surface area (Å²) in [4.78, 5) is 23.7. The van der Waals surface area contributed by atoms with Crippen LogP contribution in [0.2, 0.25) is 0 Å². The Bertz CT molecular complexity index is 623. The number of rotatable bonds is 5. The summed E-state index contributed by atoms with van der Waals surface area (Å²) in [6.45, 7) is 3.71. The van der Waals surface area contributed by atoms with Crippen LogP contribution in [0, 0.1) is 6.92 Å². The molecule has 100 valence electrons. The molecule has 0 aliphatic carbocycles. The smallest absolute Gasteiger partial charge is 0.274 e. The lowest BCUT2D eigenvalue weighted by Crippen LogP contribution is -2.17. The lowest BCUT2D eigenvalue weighted by Gasteiger charge is -1.99. The molecule has 0 saturated heterocycles. The second-order valence-electron chi connectivity index (χ2n) is 4.58. The molecule has 1 aromatic carbocycles. The number of Topliss-reactive ketones (excluding diaryl/α,β-unsaturated/α-hetero) is 1. The van der Waals surface area contributed by atoms with E-state index in [1.165, 1.54) is 4.68 Å². The Balaban J connectivity index is 2.30. The average Bonchev–Trinajstić information content (AvgIpc) is 2.72. The normalized spacial score (nSPS) is 10.6. The highest BCUT2D eigenvalue weighted by molar-refractivity contribution is 5.78. The predicted molar refractivity (Wildman–Crippen MR) is 74.7 cm³/mol. The van der Waals surface area contributed by atoms with E-state index in [0.717, 1.165) is 11.4 Å². The maximum Gasteiger partial charge on any atom is 0.274 e. The number of H-pyrrole nitrogens is 1. The standard InChI is InChI=1S/C15H18N2O2/c1-3-13(18)9-10-14-11(2)16-17(15(14)19)12-7-5-4-6-8-12/h4-8,16H,3,9-10H2,1-2H3. The van der Waals surface area contributed by atoms with Crippen LogP contribution >= 0.6 is 0 Å². The van der Waals surface area contributed by atoms with E-state index in [1.807, 2.05) is 44.2 Å². The predicted octanol–water partition coefficient (Wildman–Crippen LogP) is 2.39. The maximum absolute atomic E-state index is 12.3. The second kappa shape index (κ2) is 5.69. The van der Waals surface area contributed by atoms with E-state index in [4.69, 9.17) is 0 Å². The summed E-state index contributed by atoms with van der Waals surface area (Å²) in [7, 11) is 0. The molecule has 2 aromatic rings. The fourth-order valence-electron chi connectivity index (χ4n) is 2.08. The van der Waals surface area contributed by atoms with Gasteiger partial charge in [0.15, 0.2) is 0 Å². The zero-order chi connectivity index (χ0) is 13.8. The first-order valence-electron chi connectivity index (χ1n) is 6.51. The van der Waals surface area contributed by atoms with Gasteiger partial charge < -0.3 is 0 Å². The summed E-state index contributed by atoms with van der Waals surface area (Å²) < 4.78 is 1.53. The van der Waals surface area contributed by atoms with Gasteiger partial charge in [-0.15, -0.1) is 0 Å². The van der Waals surface area contributed by atoms with Crippen molar-refractivity contribution in [1.29, 1.82) is 0 Å². The summed E-state index contributed by atoms with van der Waals surface area (Å²) in [5, 5.41) is 3.06. The first kappa shape index (κ1) is 13.3. The van der Waals surface area contributed by atoms with E-state index in [0.29, 0.717) is 24.8 Å². The highest BCUT2D eigenvalue weighted by atomic mass is 16.1. The molecule has 0 aliphatic heterocycles. The highest BCUT2D eigenvalue weighted by Gasteiger charge is 2.13. The van der Waals surface area contributed by atoms with Crippen LogP contribution in [0.4, 0.5) is 0 Å². The fraction of sp³-hybridized carbons (Fsp3) is 0.333. The zero-order valence-corrected chi connectivity index (χ0v) is 11.3. The van der Waals surface area contributed by atoms with Crippen molar-refractivity contribution in [2.45, 2.75) is 33.1 Å². The van der Waals surface area contributed by atoms with Crippen LogP contribution in [-0.4, -0.2) is 15.6 Å². The molecule has 0 spiro atoms. The number of carbonyl (C=O) groups is 1. The molecule has 4 nitrogen and oxygen atoms in total. The van der Waals surface area contributed by atoms with E-state index in [-0.39, 0.29) is 11.3 Å². The van der Waals surface area contributed by atoms with Gasteiger partial charge >= 0.3 is 0 Å². The van der Waals surface area contributed by atoms with Crippen molar-refractivity contribution < 1.29 is 4.79 Å². The molecule has 0 fully saturated rings. The summed E-state index contributed by atoms with van der Waals surface area (Å²) >= 11 is 0. The number of hydrogen-bond acceptors (Lipinski definition) is 2. The monoisotopic (exact) mass is 258 g/mol. The van der Waals surface area contributed by atoms with Crippen LogP contribution in [0.1, 0.15) is 31.0 Å². The molecule has 0 aliphatic rings. The maximum atomic E-state index is 12.3. The number of nitrogens with one attached hydrogen (secondary N) is 1. The molecule has 0 saturated carbocycles. The Kier molecular flexibility index (Phi) is 4.00. The van der Waals surface area contributed by atoms with Gasteiger partial charge in [0.05, 0.1) is 5.69 Å². The van der Waals surface area contributed by atoms with E-state index >= 15 is 0 Å². The Hall–Kier alpha value is -2.10. The Morgan fingerprint density at radius 1 is 1.26 bits per heavy atom. The van der Waals surface area contributed by atoms with E-state index < -0.39 is 0 Å². The third kappa shape index (κ3) is 2.84. The number of para-hydroxylation sites is 1. The van der Waals surface area contributed by atoms with E-state index in [9.17, 15) is 9.59 Å². The molecule has 0 atom stereocenters. The molecule has 0 radical (unpaired) electrons. The molecule has 0 amide bonds. The first-order valence-corrected chi connectivity index (χ1v) is 6.51. The van der Waals surface area contributed by atoms with Crippen molar-refractivity contribution in [1.82, 2.24) is 9.78 Å². The van der Waals surface area contributed by atoms with E-state index in [2.05, 4.69) is 5.10 Å². The van der Waals surface area contributed by atoms with Crippen LogP contribution in [0.25, 0.3) is 5.69 Å². The molecular formula is C15H18N2O2. The largest absolute Gasteiger partial charge is 0.300 e. The molecule has 1 aromatic heterocycles. The Labute approximate surface area is 112 Å². The second-order valence-corrected chi connectivity index (χ2v) is 4.58. The van der Waals surface area contributed by atoms with Crippen LogP contribution in [0.5, 0.6) is 0 Å². The molecule has 1 heterocycles. The van der Waals surface area contributed by atoms with Crippen molar-refractivity contribution in [2.75, 3.05) is 0 Å². The number of aromatic amines is 1. The highest BCUT2D eigenvalue weighted by Crippen LogP contribution is 2.09. The minimum atomic E-state index is -0.0624. The number of carbonyl (C=O) groups excluding carboxylic acids is 1. The third-order valence-corrected chi connectivity index (χ3v) is 3.26. The molecule has 2 rings (SSSR count). The molecule has 19 heavy (non-hydrogen) atoms. The van der Waals surface area contributed by atoms with Gasteiger partial charge in [0.25, 0.3) is 5.56 Å². The number of aromatic nitrogens is 2. The van der Waals surface area contributed by atoms with Crippen LogP contribution < -0.4 is 5.56 Å². The summed E-state index contributed by atoms with van der Waals surface area (Å²) in [5.41, 5.74) is 2.28. The van der Waals surface area contributed by atoms with Crippen LogP contribution in [0.3, 0.4) is 0 Å². The number of nitrogens with zero attached hydrogens (tertiary/aromatic N) is 1. The van der Waals surface area contributed by atoms with Crippen molar-refractivity contribution in [3.63, 3.8) is 0 Å². The number of aryl methyl sites for hydroxylation is 1. The lowest BCUT2D eigenvalue weighted by molar-refractivity contribution is -0.118. The van der Waals surface area contributed by atoms with Crippen LogP contribution in [0.15, 0.2) is 35.1 Å². The van der Waals surface area contributed by atoms with Crippen LogP contribution in [-0.2, 0) is 11.2 Å². The Morgan fingerprint density at radius 2 is 1.95 bits per heavy atom. The minimum absolute atomic E-state index is 0.0624. The van der Waals surface area contributed by atoms with Crippen molar-refractivity contribution in [3.05, 3.63) is 51.9 Å². The molecular weight excluding hydrogens is 240 g/mol. The lowest BCUT2D eigenvalue weighted by atomic mass is 10.1. The quantitative estimate of drug-likeness (QED) is 0.895. The van der Waals surface area contributed by atoms with Gasteiger partial charge in [0.2, 0.25) is 0 Å². The zero-order valence-electron chi connectivity index (χ0n) is 11.3. The van der Waals surface area contributed by atoms with Crippen molar-refractivity contribution in [3.8, 4) is 5.69 Å². The number of ketones is 1. The summed E-state index contributed by atoms with van der Waals surface area (Å²) in [5.74, 6) is 0.186. The van der Waals surface area contributed by atoms with Gasteiger partial charge in [-0.2, -0.15) is 0 Å². The van der Waals surface area contributed by atoms with Gasteiger partial charge in [-0.25, -0.2) is 4.68 Å². The summed E-state index contributed by atoms with van der Waals surface area (Å²) in [6, 6.07) is 9.43. The third-order valence-electron chi connectivity index (χ3n) is 3.26. The first-order chi connectivity index (χ1) is 9.13.